The lowest BCUT2D eigenvalue weighted by Gasteiger charge is -2.33. The molecule has 1 N–H and O–H groups in total. The first-order chi connectivity index (χ1) is 23.7. The number of nitrogens with one attached hydrogen (secondary N) is 1. The summed E-state index contributed by atoms with van der Waals surface area (Å²) < 4.78 is 18.7. The topological polar surface area (TPSA) is 132 Å². The van der Waals surface area contributed by atoms with Gasteiger partial charge in [-0.3, -0.25) is 29.4 Å². The predicted molar refractivity (Wildman–Crippen MR) is 182 cm³/mol. The summed E-state index contributed by atoms with van der Waals surface area (Å²) in [5, 5.41) is 3.59. The fourth-order valence-electron chi connectivity index (χ4n) is 7.45. The van der Waals surface area contributed by atoms with E-state index < -0.39 is 11.9 Å². The average molecular weight is 666 g/mol. The number of methoxy groups -OCH3 is 3. The molecule has 49 heavy (non-hydrogen) atoms. The van der Waals surface area contributed by atoms with Crippen LogP contribution in [0.4, 0.5) is 0 Å². The highest BCUT2D eigenvalue weighted by Crippen LogP contribution is 2.40. The maximum absolute atomic E-state index is 13.4. The first kappa shape index (κ1) is 32.3. The Balaban J connectivity index is 1.08. The Morgan fingerprint density at radius 1 is 0.878 bits per heavy atom. The summed E-state index contributed by atoms with van der Waals surface area (Å²) in [4.78, 5) is 58.6. The third kappa shape index (κ3) is 5.90. The number of nitrogens with zero attached hydrogens (tertiary/aromatic N) is 4. The number of carbonyl (C=O) groups is 3. The molecule has 1 atom stereocenters. The Labute approximate surface area is 283 Å². The SMILES string of the molecule is COc1cc2c(-c3cc(OC)c(CN4CCC(c5ccc6c(c5)C(=O)N(C5CCC(=O)NC5=O)C6)CC4)c(OC)c3)cn(C)c(=O)c2cn1. The zero-order chi connectivity index (χ0) is 34.4. The summed E-state index contributed by atoms with van der Waals surface area (Å²) in [6, 6.07) is 11.2. The molecule has 2 fully saturated rings. The number of fused-ring (bicyclic) bond motifs is 2. The van der Waals surface area contributed by atoms with Crippen molar-refractivity contribution in [2.45, 2.75) is 50.7 Å². The number of pyridine rings is 2. The molecule has 12 heteroatoms. The standard InChI is InChI=1S/C37H39N5O7/c1-40-19-28(26-16-34(49-4)38-17-27(26)36(40)45)24-14-31(47-2)29(32(15-24)48-3)20-41-11-9-21(10-12-41)22-5-6-23-18-42(37(46)25(23)13-22)30-7-8-33(43)39-35(30)44/h5-6,13-17,19,21,30H,7-12,18,20H2,1-4H3,(H,39,43,44). The van der Waals surface area contributed by atoms with E-state index in [-0.39, 0.29) is 23.8 Å². The van der Waals surface area contributed by atoms with Gasteiger partial charge in [0.25, 0.3) is 11.5 Å². The van der Waals surface area contributed by atoms with Gasteiger partial charge < -0.3 is 23.7 Å². The van der Waals surface area contributed by atoms with Crippen molar-refractivity contribution in [3.8, 4) is 28.5 Å². The molecule has 2 aromatic carbocycles. The van der Waals surface area contributed by atoms with Crippen LogP contribution < -0.4 is 25.1 Å². The molecule has 4 aromatic rings. The fraction of sp³-hybridized carbons (Fsp3) is 0.378. The average Bonchev–Trinajstić information content (AvgIpc) is 3.44. The molecule has 0 aliphatic carbocycles. The number of rotatable bonds is 8. The van der Waals surface area contributed by atoms with Crippen LogP contribution in [0, 0.1) is 0 Å². The number of amides is 3. The van der Waals surface area contributed by atoms with E-state index in [0.717, 1.165) is 59.1 Å². The van der Waals surface area contributed by atoms with Crippen molar-refractivity contribution in [3.05, 3.63) is 81.4 Å². The van der Waals surface area contributed by atoms with Gasteiger partial charge in [0.1, 0.15) is 17.5 Å². The van der Waals surface area contributed by atoms with Gasteiger partial charge in [0.2, 0.25) is 17.7 Å². The van der Waals surface area contributed by atoms with Gasteiger partial charge in [-0.25, -0.2) is 4.98 Å². The minimum Gasteiger partial charge on any atom is -0.496 e. The maximum Gasteiger partial charge on any atom is 0.259 e. The molecule has 5 heterocycles. The van der Waals surface area contributed by atoms with Crippen LogP contribution in [0.1, 0.15) is 58.6 Å². The Hall–Kier alpha value is -5.23. The van der Waals surface area contributed by atoms with Gasteiger partial charge in [0.15, 0.2) is 0 Å². The van der Waals surface area contributed by atoms with Crippen LogP contribution in [0.25, 0.3) is 21.9 Å². The van der Waals surface area contributed by atoms with Crippen LogP contribution in [0.3, 0.4) is 0 Å². The first-order valence-electron chi connectivity index (χ1n) is 16.5. The van der Waals surface area contributed by atoms with Crippen molar-refractivity contribution in [1.82, 2.24) is 24.7 Å². The molecule has 3 aliphatic heterocycles. The molecule has 1 unspecified atom stereocenters. The number of likely N-dealkylation sites (tertiary alicyclic amines) is 1. The molecule has 254 valence electrons. The van der Waals surface area contributed by atoms with Crippen LogP contribution in [-0.2, 0) is 29.7 Å². The number of carbonyl (C=O) groups excluding carboxylic acids is 3. The van der Waals surface area contributed by atoms with E-state index in [1.165, 1.54) is 0 Å². The van der Waals surface area contributed by atoms with Gasteiger partial charge in [-0.1, -0.05) is 12.1 Å². The zero-order valence-electron chi connectivity index (χ0n) is 28.1. The van der Waals surface area contributed by atoms with E-state index >= 15 is 0 Å². The summed E-state index contributed by atoms with van der Waals surface area (Å²) in [7, 11) is 6.57. The summed E-state index contributed by atoms with van der Waals surface area (Å²) >= 11 is 0. The van der Waals surface area contributed by atoms with E-state index in [4.69, 9.17) is 14.2 Å². The van der Waals surface area contributed by atoms with Crippen molar-refractivity contribution in [2.24, 2.45) is 7.05 Å². The second kappa shape index (κ2) is 13.0. The summed E-state index contributed by atoms with van der Waals surface area (Å²) in [6.45, 7) is 2.72. The van der Waals surface area contributed by atoms with Gasteiger partial charge >= 0.3 is 0 Å². The number of benzene rings is 2. The molecule has 12 nitrogen and oxygen atoms in total. The predicted octanol–water partition coefficient (Wildman–Crippen LogP) is 3.77. The quantitative estimate of drug-likeness (QED) is 0.280. The number of piperidine rings is 2. The van der Waals surface area contributed by atoms with Crippen LogP contribution in [0.2, 0.25) is 0 Å². The zero-order valence-corrected chi connectivity index (χ0v) is 28.1. The number of aromatic nitrogens is 2. The van der Waals surface area contributed by atoms with Crippen molar-refractivity contribution in [1.29, 1.82) is 0 Å². The van der Waals surface area contributed by atoms with Crippen molar-refractivity contribution in [2.75, 3.05) is 34.4 Å². The Morgan fingerprint density at radius 2 is 1.61 bits per heavy atom. The van der Waals surface area contributed by atoms with Gasteiger partial charge in [0.05, 0.1) is 32.3 Å². The minimum absolute atomic E-state index is 0.145. The van der Waals surface area contributed by atoms with Crippen LogP contribution in [-0.4, -0.2) is 77.5 Å². The molecule has 2 aromatic heterocycles. The number of imide groups is 1. The van der Waals surface area contributed by atoms with Gasteiger partial charge in [-0.05, 0) is 73.2 Å². The molecule has 3 aliphatic rings. The maximum atomic E-state index is 13.4. The molecule has 0 spiro atoms. The van der Waals surface area contributed by atoms with E-state index in [1.54, 1.807) is 50.1 Å². The second-order valence-electron chi connectivity index (χ2n) is 13.0. The Kier molecular flexibility index (Phi) is 8.57. The van der Waals surface area contributed by atoms with Crippen LogP contribution >= 0.6 is 0 Å². The summed E-state index contributed by atoms with van der Waals surface area (Å²) in [5.74, 6) is 1.27. The molecule has 0 saturated carbocycles. The summed E-state index contributed by atoms with van der Waals surface area (Å²) in [6.07, 6.45) is 5.79. The molecule has 0 radical (unpaired) electrons. The third-order valence-corrected chi connectivity index (χ3v) is 10.2. The lowest BCUT2D eigenvalue weighted by Crippen LogP contribution is -2.52. The summed E-state index contributed by atoms with van der Waals surface area (Å²) in [5.41, 5.74) is 5.17. The van der Waals surface area contributed by atoms with Crippen molar-refractivity contribution in [3.63, 3.8) is 0 Å². The van der Waals surface area contributed by atoms with E-state index in [1.807, 2.05) is 30.5 Å². The van der Waals surface area contributed by atoms with E-state index in [2.05, 4.69) is 21.3 Å². The number of aryl methyl sites for hydroxylation is 1. The Bertz CT molecular complexity index is 2020. The Morgan fingerprint density at radius 3 is 2.29 bits per heavy atom. The third-order valence-electron chi connectivity index (χ3n) is 10.2. The highest BCUT2D eigenvalue weighted by molar-refractivity contribution is 6.05. The normalized spacial score (nSPS) is 18.5. The van der Waals surface area contributed by atoms with Gasteiger partial charge in [-0.15, -0.1) is 0 Å². The lowest BCUT2D eigenvalue weighted by atomic mass is 9.87. The number of hydrogen-bond acceptors (Lipinski definition) is 9. The molecule has 0 bridgehead atoms. The van der Waals surface area contributed by atoms with Gasteiger partial charge in [0, 0.05) is 61.5 Å². The van der Waals surface area contributed by atoms with Crippen LogP contribution in [0.5, 0.6) is 17.4 Å². The first-order valence-corrected chi connectivity index (χ1v) is 16.5. The second-order valence-corrected chi connectivity index (χ2v) is 13.0. The monoisotopic (exact) mass is 665 g/mol. The van der Waals surface area contributed by atoms with E-state index in [9.17, 15) is 19.2 Å². The molecule has 2 saturated heterocycles. The van der Waals surface area contributed by atoms with Crippen LogP contribution in [0.15, 0.2) is 53.6 Å². The largest absolute Gasteiger partial charge is 0.496 e. The van der Waals surface area contributed by atoms with E-state index in [0.29, 0.717) is 53.8 Å². The lowest BCUT2D eigenvalue weighted by molar-refractivity contribution is -0.136. The molecular formula is C37H39N5O7. The fourth-order valence-corrected chi connectivity index (χ4v) is 7.45. The molecule has 3 amide bonds. The van der Waals surface area contributed by atoms with Gasteiger partial charge in [-0.2, -0.15) is 0 Å². The smallest absolute Gasteiger partial charge is 0.259 e. The highest BCUT2D eigenvalue weighted by atomic mass is 16.5. The highest BCUT2D eigenvalue weighted by Gasteiger charge is 2.39. The molecular weight excluding hydrogens is 626 g/mol. The van der Waals surface area contributed by atoms with Crippen molar-refractivity contribution >= 4 is 28.5 Å². The molecule has 7 rings (SSSR count). The number of ether oxygens (including phenoxy) is 3. The minimum atomic E-state index is -0.617. The van der Waals surface area contributed by atoms with Crippen molar-refractivity contribution < 1.29 is 28.6 Å². The number of hydrogen-bond donors (Lipinski definition) is 1.